The summed E-state index contributed by atoms with van der Waals surface area (Å²) < 4.78 is 26.9. The molecular formula is C17H12Cl2F2N2O2. The third-order valence-electron chi connectivity index (χ3n) is 3.86. The van der Waals surface area contributed by atoms with Crippen LogP contribution in [-0.2, 0) is 4.79 Å². The summed E-state index contributed by atoms with van der Waals surface area (Å²) in [4.78, 5) is 27.4. The highest BCUT2D eigenvalue weighted by molar-refractivity contribution is 6.40. The topological polar surface area (TPSA) is 40.6 Å². The second-order valence-corrected chi connectivity index (χ2v) is 6.29. The molecule has 2 amide bonds. The molecule has 2 aromatic rings. The zero-order valence-corrected chi connectivity index (χ0v) is 14.3. The van der Waals surface area contributed by atoms with Gasteiger partial charge in [0, 0.05) is 19.0 Å². The number of rotatable bonds is 2. The predicted octanol–water partition coefficient (Wildman–Crippen LogP) is 4.11. The smallest absolute Gasteiger partial charge is 0.258 e. The summed E-state index contributed by atoms with van der Waals surface area (Å²) in [5, 5.41) is 0.534. The predicted molar refractivity (Wildman–Crippen MR) is 90.8 cm³/mol. The lowest BCUT2D eigenvalue weighted by molar-refractivity contribution is -0.120. The molecule has 8 heteroatoms. The van der Waals surface area contributed by atoms with Crippen LogP contribution in [0.2, 0.25) is 10.0 Å². The third kappa shape index (κ3) is 3.45. The minimum Gasteiger partial charge on any atom is -0.320 e. The molecule has 0 bridgehead atoms. The second kappa shape index (κ2) is 6.98. The van der Waals surface area contributed by atoms with Crippen molar-refractivity contribution >= 4 is 40.7 Å². The number of benzene rings is 2. The molecule has 0 N–H and O–H groups in total. The van der Waals surface area contributed by atoms with Crippen LogP contribution in [0.1, 0.15) is 16.8 Å². The van der Waals surface area contributed by atoms with E-state index in [0.717, 1.165) is 12.1 Å². The molecule has 0 atom stereocenters. The van der Waals surface area contributed by atoms with Gasteiger partial charge in [-0.2, -0.15) is 0 Å². The average molecular weight is 385 g/mol. The molecule has 1 aliphatic rings. The van der Waals surface area contributed by atoms with E-state index < -0.39 is 17.5 Å². The Hall–Kier alpha value is -2.18. The quantitative estimate of drug-likeness (QED) is 0.781. The van der Waals surface area contributed by atoms with Crippen molar-refractivity contribution in [2.75, 3.05) is 18.1 Å². The first-order chi connectivity index (χ1) is 11.9. The number of hydrogen-bond donors (Lipinski definition) is 0. The maximum atomic E-state index is 13.9. The highest BCUT2D eigenvalue weighted by atomic mass is 35.5. The largest absolute Gasteiger partial charge is 0.320 e. The Kier molecular flexibility index (Phi) is 4.92. The SMILES string of the molecule is O=C(c1ccc(F)cc1F)N1CCC(=O)N(c2c(Cl)cccc2Cl)C1. The van der Waals surface area contributed by atoms with Crippen molar-refractivity contribution in [3.8, 4) is 0 Å². The van der Waals surface area contributed by atoms with Crippen LogP contribution in [0.3, 0.4) is 0 Å². The Morgan fingerprint density at radius 2 is 1.76 bits per heavy atom. The zero-order valence-electron chi connectivity index (χ0n) is 12.8. The first kappa shape index (κ1) is 17.6. The summed E-state index contributed by atoms with van der Waals surface area (Å²) in [6.45, 7) is -0.00894. The maximum absolute atomic E-state index is 13.9. The van der Waals surface area contributed by atoms with Gasteiger partial charge in [-0.3, -0.25) is 14.5 Å². The van der Waals surface area contributed by atoms with Crippen molar-refractivity contribution in [1.82, 2.24) is 4.90 Å². The summed E-state index contributed by atoms with van der Waals surface area (Å²) in [7, 11) is 0. The number of anilines is 1. The van der Waals surface area contributed by atoms with Gasteiger partial charge in [-0.25, -0.2) is 8.78 Å². The van der Waals surface area contributed by atoms with Gasteiger partial charge >= 0.3 is 0 Å². The van der Waals surface area contributed by atoms with E-state index >= 15 is 0 Å². The number of carbonyl (C=O) groups is 2. The summed E-state index contributed by atoms with van der Waals surface area (Å²) in [6, 6.07) is 7.53. The highest BCUT2D eigenvalue weighted by Gasteiger charge is 2.31. The number of amides is 2. The molecule has 0 unspecified atom stereocenters. The van der Waals surface area contributed by atoms with Crippen LogP contribution >= 0.6 is 23.2 Å². The molecule has 0 aliphatic carbocycles. The molecule has 3 rings (SSSR count). The van der Waals surface area contributed by atoms with Crippen LogP contribution < -0.4 is 4.90 Å². The van der Waals surface area contributed by atoms with Gasteiger partial charge in [0.15, 0.2) is 0 Å². The molecule has 0 radical (unpaired) electrons. The molecule has 2 aromatic carbocycles. The molecule has 0 saturated carbocycles. The van der Waals surface area contributed by atoms with Crippen molar-refractivity contribution in [2.45, 2.75) is 6.42 Å². The van der Waals surface area contributed by atoms with Gasteiger partial charge in [0.05, 0.1) is 21.3 Å². The summed E-state index contributed by atoms with van der Waals surface area (Å²) >= 11 is 12.3. The normalized spacial score (nSPS) is 14.8. The van der Waals surface area contributed by atoms with Gasteiger partial charge in [-0.15, -0.1) is 0 Å². The van der Waals surface area contributed by atoms with Crippen LogP contribution in [-0.4, -0.2) is 29.9 Å². The molecule has 1 fully saturated rings. The van der Waals surface area contributed by atoms with E-state index in [2.05, 4.69) is 0 Å². The lowest BCUT2D eigenvalue weighted by Gasteiger charge is -2.36. The molecular weight excluding hydrogens is 373 g/mol. The van der Waals surface area contributed by atoms with Crippen molar-refractivity contribution in [3.63, 3.8) is 0 Å². The van der Waals surface area contributed by atoms with Gasteiger partial charge in [-0.1, -0.05) is 29.3 Å². The minimum absolute atomic E-state index is 0.0378. The summed E-state index contributed by atoms with van der Waals surface area (Å²) in [5.41, 5.74) is 0.0360. The van der Waals surface area contributed by atoms with E-state index in [0.29, 0.717) is 11.8 Å². The van der Waals surface area contributed by atoms with Crippen LogP contribution in [0.15, 0.2) is 36.4 Å². The molecule has 0 spiro atoms. The lowest BCUT2D eigenvalue weighted by atomic mass is 10.1. The summed E-state index contributed by atoms with van der Waals surface area (Å²) in [5.74, 6) is -2.62. The number of carbonyl (C=O) groups excluding carboxylic acids is 2. The fourth-order valence-electron chi connectivity index (χ4n) is 2.63. The fraction of sp³-hybridized carbons (Fsp3) is 0.176. The van der Waals surface area contributed by atoms with E-state index in [1.54, 1.807) is 18.2 Å². The maximum Gasteiger partial charge on any atom is 0.258 e. The Bertz CT molecular complexity index is 840. The Morgan fingerprint density at radius 1 is 1.08 bits per heavy atom. The minimum atomic E-state index is -0.954. The van der Waals surface area contributed by atoms with Crippen molar-refractivity contribution < 1.29 is 18.4 Å². The van der Waals surface area contributed by atoms with E-state index in [-0.39, 0.29) is 41.2 Å². The Balaban J connectivity index is 1.90. The third-order valence-corrected chi connectivity index (χ3v) is 4.47. The molecule has 1 heterocycles. The van der Waals surface area contributed by atoms with Crippen LogP contribution in [0.25, 0.3) is 0 Å². The first-order valence-electron chi connectivity index (χ1n) is 7.37. The zero-order chi connectivity index (χ0) is 18.1. The monoisotopic (exact) mass is 384 g/mol. The number of hydrogen-bond acceptors (Lipinski definition) is 2. The molecule has 1 saturated heterocycles. The van der Waals surface area contributed by atoms with Crippen LogP contribution in [0, 0.1) is 11.6 Å². The van der Waals surface area contributed by atoms with Crippen LogP contribution in [0.4, 0.5) is 14.5 Å². The van der Waals surface area contributed by atoms with Crippen molar-refractivity contribution in [2.24, 2.45) is 0 Å². The van der Waals surface area contributed by atoms with Crippen molar-refractivity contribution in [1.29, 1.82) is 0 Å². The van der Waals surface area contributed by atoms with E-state index in [9.17, 15) is 18.4 Å². The molecule has 1 aliphatic heterocycles. The number of para-hydroxylation sites is 1. The summed E-state index contributed by atoms with van der Waals surface area (Å²) in [6.07, 6.45) is 0.0378. The van der Waals surface area contributed by atoms with Gasteiger partial charge in [0.25, 0.3) is 5.91 Å². The fourth-order valence-corrected chi connectivity index (χ4v) is 3.23. The molecule has 130 valence electrons. The Labute approximate surface area is 152 Å². The van der Waals surface area contributed by atoms with E-state index in [1.165, 1.54) is 9.80 Å². The Morgan fingerprint density at radius 3 is 2.40 bits per heavy atom. The number of halogens is 4. The van der Waals surface area contributed by atoms with Gasteiger partial charge in [-0.05, 0) is 24.3 Å². The standard InChI is InChI=1S/C17H12Cl2F2N2O2/c18-12-2-1-3-13(19)16(12)23-9-22(7-6-15(23)24)17(25)11-5-4-10(20)8-14(11)21/h1-5,8H,6-7,9H2. The van der Waals surface area contributed by atoms with E-state index in [4.69, 9.17) is 23.2 Å². The van der Waals surface area contributed by atoms with Crippen LogP contribution in [0.5, 0.6) is 0 Å². The van der Waals surface area contributed by atoms with Gasteiger partial charge in [0.2, 0.25) is 5.91 Å². The molecule has 0 aromatic heterocycles. The highest BCUT2D eigenvalue weighted by Crippen LogP contribution is 2.35. The molecule has 4 nitrogen and oxygen atoms in total. The lowest BCUT2D eigenvalue weighted by Crippen LogP contribution is -2.51. The first-order valence-corrected chi connectivity index (χ1v) is 8.13. The average Bonchev–Trinajstić information content (AvgIpc) is 2.56. The van der Waals surface area contributed by atoms with Gasteiger partial charge in [0.1, 0.15) is 18.3 Å². The number of nitrogens with zero attached hydrogens (tertiary/aromatic N) is 2. The second-order valence-electron chi connectivity index (χ2n) is 5.48. The molecule has 25 heavy (non-hydrogen) atoms. The van der Waals surface area contributed by atoms with Gasteiger partial charge < -0.3 is 4.90 Å². The van der Waals surface area contributed by atoms with Crippen molar-refractivity contribution in [3.05, 3.63) is 63.6 Å². The van der Waals surface area contributed by atoms with E-state index in [1.807, 2.05) is 0 Å².